The first-order valence-corrected chi connectivity index (χ1v) is 7.43. The number of carbonyl (C=O) groups excluding carboxylic acids is 2. The third-order valence-electron chi connectivity index (χ3n) is 3.40. The summed E-state index contributed by atoms with van der Waals surface area (Å²) in [6, 6.07) is 6.97. The van der Waals surface area contributed by atoms with E-state index < -0.39 is 0 Å². The minimum Gasteiger partial charge on any atom is -0.497 e. The molecule has 0 atom stereocenters. The van der Waals surface area contributed by atoms with Crippen molar-refractivity contribution in [2.24, 2.45) is 5.41 Å². The number of hydrogen-bond donors (Lipinski definition) is 2. The van der Waals surface area contributed by atoms with Crippen LogP contribution < -0.4 is 20.3 Å². The highest BCUT2D eigenvalue weighted by molar-refractivity contribution is 5.83. The second-order valence-electron chi connectivity index (χ2n) is 6.19. The molecule has 23 heavy (non-hydrogen) atoms. The molecule has 1 aliphatic carbocycles. The summed E-state index contributed by atoms with van der Waals surface area (Å²) in [5.41, 5.74) is 5.87. The lowest BCUT2D eigenvalue weighted by Crippen LogP contribution is -2.41. The number of carbonyl (C=O) groups is 2. The number of amides is 1. The van der Waals surface area contributed by atoms with E-state index in [-0.39, 0.29) is 23.7 Å². The van der Waals surface area contributed by atoms with Crippen molar-refractivity contribution in [3.8, 4) is 11.5 Å². The van der Waals surface area contributed by atoms with Gasteiger partial charge in [0, 0.05) is 18.5 Å². The molecule has 1 aromatic rings. The van der Waals surface area contributed by atoms with Crippen molar-refractivity contribution in [3.05, 3.63) is 36.0 Å². The summed E-state index contributed by atoms with van der Waals surface area (Å²) in [5, 5.41) is 0. The van der Waals surface area contributed by atoms with E-state index >= 15 is 0 Å². The van der Waals surface area contributed by atoms with Gasteiger partial charge in [-0.05, 0) is 29.7 Å². The van der Waals surface area contributed by atoms with E-state index in [1.807, 2.05) is 19.9 Å². The van der Waals surface area contributed by atoms with Gasteiger partial charge in [0.25, 0.3) is 5.91 Å². The van der Waals surface area contributed by atoms with Crippen LogP contribution in [0.3, 0.4) is 0 Å². The number of ether oxygens (including phenoxy) is 2. The zero-order chi connectivity index (χ0) is 16.9. The average Bonchev–Trinajstić information content (AvgIpc) is 2.49. The summed E-state index contributed by atoms with van der Waals surface area (Å²) in [4.78, 5) is 23.5. The minimum atomic E-state index is -0.322. The number of hydrogen-bond acceptors (Lipinski definition) is 5. The predicted molar refractivity (Wildman–Crippen MR) is 85.9 cm³/mol. The molecular formula is C17H22N2O4. The molecule has 0 aliphatic heterocycles. The van der Waals surface area contributed by atoms with Crippen LogP contribution in [0.5, 0.6) is 11.5 Å². The lowest BCUT2D eigenvalue weighted by molar-refractivity contribution is -0.124. The Hall–Kier alpha value is -2.50. The Kier molecular flexibility index (Phi) is 5.26. The molecule has 0 radical (unpaired) electrons. The molecule has 6 nitrogen and oxygen atoms in total. The average molecular weight is 318 g/mol. The quantitative estimate of drug-likeness (QED) is 0.784. The summed E-state index contributed by atoms with van der Waals surface area (Å²) in [6.07, 6.45) is 2.80. The fraction of sp³-hybridized carbons (Fsp3) is 0.412. The number of methoxy groups -OCH3 is 1. The first kappa shape index (κ1) is 16.9. The second-order valence-corrected chi connectivity index (χ2v) is 6.19. The molecule has 2 rings (SSSR count). The molecule has 0 aromatic heterocycles. The zero-order valence-electron chi connectivity index (χ0n) is 13.6. The van der Waals surface area contributed by atoms with Crippen LogP contribution >= 0.6 is 0 Å². The number of nitrogens with one attached hydrogen (secondary N) is 2. The maximum atomic E-state index is 11.8. The van der Waals surface area contributed by atoms with Crippen molar-refractivity contribution < 1.29 is 19.1 Å². The van der Waals surface area contributed by atoms with Gasteiger partial charge < -0.3 is 14.9 Å². The number of benzene rings is 1. The topological polar surface area (TPSA) is 76.7 Å². The van der Waals surface area contributed by atoms with Crippen molar-refractivity contribution in [2.75, 3.05) is 13.7 Å². The summed E-state index contributed by atoms with van der Waals surface area (Å²) in [6.45, 7) is 3.85. The molecule has 0 heterocycles. The highest BCUT2D eigenvalue weighted by Crippen LogP contribution is 2.29. The first-order chi connectivity index (χ1) is 10.9. The van der Waals surface area contributed by atoms with Crippen molar-refractivity contribution in [1.29, 1.82) is 0 Å². The molecule has 1 aromatic carbocycles. The van der Waals surface area contributed by atoms with Gasteiger partial charge in [0.2, 0.25) is 0 Å². The SMILES string of the molecule is COc1ccc(OCC(=O)NNC2=CC(C)(C)CC(=O)C2)cc1. The number of hydrazine groups is 1. The molecule has 124 valence electrons. The van der Waals surface area contributed by atoms with Crippen molar-refractivity contribution in [3.63, 3.8) is 0 Å². The number of Topliss-reactive ketones (excluding diaryl/α,β-unsaturated/α-hetero) is 1. The van der Waals surface area contributed by atoms with E-state index in [2.05, 4.69) is 10.9 Å². The fourth-order valence-corrected chi connectivity index (χ4v) is 2.44. The van der Waals surface area contributed by atoms with Gasteiger partial charge >= 0.3 is 0 Å². The largest absolute Gasteiger partial charge is 0.497 e. The van der Waals surface area contributed by atoms with E-state index in [0.29, 0.717) is 24.3 Å². The Labute approximate surface area is 135 Å². The molecule has 2 N–H and O–H groups in total. The molecule has 1 amide bonds. The van der Waals surface area contributed by atoms with Crippen LogP contribution in [0.2, 0.25) is 0 Å². The molecule has 0 fully saturated rings. The Balaban J connectivity index is 1.78. The molecule has 6 heteroatoms. The van der Waals surface area contributed by atoms with E-state index in [4.69, 9.17) is 9.47 Å². The van der Waals surface area contributed by atoms with E-state index in [1.165, 1.54) is 0 Å². The van der Waals surface area contributed by atoms with Crippen LogP contribution in [0.1, 0.15) is 26.7 Å². The molecular weight excluding hydrogens is 296 g/mol. The fourth-order valence-electron chi connectivity index (χ4n) is 2.44. The van der Waals surface area contributed by atoms with E-state index in [1.54, 1.807) is 31.4 Å². The molecule has 0 bridgehead atoms. The van der Waals surface area contributed by atoms with Crippen molar-refractivity contribution in [1.82, 2.24) is 10.9 Å². The monoisotopic (exact) mass is 318 g/mol. The van der Waals surface area contributed by atoms with Crippen LogP contribution in [-0.2, 0) is 9.59 Å². The van der Waals surface area contributed by atoms with Gasteiger partial charge in [-0.1, -0.05) is 19.9 Å². The van der Waals surface area contributed by atoms with Crippen molar-refractivity contribution >= 4 is 11.7 Å². The Morgan fingerprint density at radius 2 is 1.87 bits per heavy atom. The van der Waals surface area contributed by atoms with Crippen LogP contribution in [0, 0.1) is 5.41 Å². The van der Waals surface area contributed by atoms with Crippen LogP contribution in [0.15, 0.2) is 36.0 Å². The second kappa shape index (κ2) is 7.17. The lowest BCUT2D eigenvalue weighted by Gasteiger charge is -2.27. The minimum absolute atomic E-state index is 0.121. The van der Waals surface area contributed by atoms with E-state index in [9.17, 15) is 9.59 Å². The molecule has 1 aliphatic rings. The number of allylic oxidation sites excluding steroid dienone is 2. The van der Waals surface area contributed by atoms with Gasteiger partial charge in [0.15, 0.2) is 6.61 Å². The lowest BCUT2D eigenvalue weighted by atomic mass is 9.81. The van der Waals surface area contributed by atoms with Gasteiger partial charge in [-0.25, -0.2) is 0 Å². The van der Waals surface area contributed by atoms with Gasteiger partial charge in [-0.15, -0.1) is 0 Å². The standard InChI is InChI=1S/C17H22N2O4/c1-17(2)9-12(8-13(20)10-17)18-19-16(21)11-23-15-6-4-14(22-3)5-7-15/h4-7,9,18H,8,10-11H2,1-3H3,(H,19,21). The summed E-state index contributed by atoms with van der Waals surface area (Å²) in [7, 11) is 1.58. The molecule has 0 saturated carbocycles. The Morgan fingerprint density at radius 1 is 1.22 bits per heavy atom. The van der Waals surface area contributed by atoms with Gasteiger partial charge in [0.1, 0.15) is 17.3 Å². The normalized spacial score (nSPS) is 16.3. The highest BCUT2D eigenvalue weighted by atomic mass is 16.5. The molecule has 0 saturated heterocycles. The number of ketones is 1. The van der Waals surface area contributed by atoms with Crippen LogP contribution in [-0.4, -0.2) is 25.4 Å². The predicted octanol–water partition coefficient (Wildman–Crippen LogP) is 1.97. The maximum Gasteiger partial charge on any atom is 0.276 e. The third-order valence-corrected chi connectivity index (χ3v) is 3.40. The maximum absolute atomic E-state index is 11.8. The van der Waals surface area contributed by atoms with Crippen LogP contribution in [0.25, 0.3) is 0 Å². The van der Waals surface area contributed by atoms with Gasteiger partial charge in [-0.2, -0.15) is 0 Å². The summed E-state index contributed by atoms with van der Waals surface area (Å²) >= 11 is 0. The van der Waals surface area contributed by atoms with Gasteiger partial charge in [-0.3, -0.25) is 15.0 Å². The molecule has 0 spiro atoms. The Bertz CT molecular complexity index is 606. The summed E-state index contributed by atoms with van der Waals surface area (Å²) in [5.74, 6) is 1.13. The van der Waals surface area contributed by atoms with Gasteiger partial charge in [0.05, 0.1) is 7.11 Å². The summed E-state index contributed by atoms with van der Waals surface area (Å²) < 4.78 is 10.4. The van der Waals surface area contributed by atoms with Crippen LogP contribution in [0.4, 0.5) is 0 Å². The molecule has 0 unspecified atom stereocenters. The highest BCUT2D eigenvalue weighted by Gasteiger charge is 2.26. The third kappa shape index (κ3) is 5.32. The number of rotatable bonds is 6. The first-order valence-electron chi connectivity index (χ1n) is 7.43. The van der Waals surface area contributed by atoms with Crippen molar-refractivity contribution in [2.45, 2.75) is 26.7 Å². The van der Waals surface area contributed by atoms with E-state index in [0.717, 1.165) is 5.75 Å². The smallest absolute Gasteiger partial charge is 0.276 e. The zero-order valence-corrected chi connectivity index (χ0v) is 13.6. The Morgan fingerprint density at radius 3 is 2.48 bits per heavy atom.